The summed E-state index contributed by atoms with van der Waals surface area (Å²) >= 11 is 1.28. The summed E-state index contributed by atoms with van der Waals surface area (Å²) < 4.78 is 17.2. The van der Waals surface area contributed by atoms with Gasteiger partial charge in [0.25, 0.3) is 5.56 Å². The molecule has 2 aromatic carbocycles. The van der Waals surface area contributed by atoms with E-state index in [0.29, 0.717) is 22.3 Å². The molecule has 4 rings (SSSR count). The van der Waals surface area contributed by atoms with E-state index >= 15 is 0 Å². The van der Waals surface area contributed by atoms with E-state index in [0.717, 1.165) is 15.7 Å². The van der Waals surface area contributed by atoms with E-state index in [1.54, 1.807) is 35.1 Å². The molecule has 0 spiro atoms. The molecule has 0 N–H and O–H groups in total. The van der Waals surface area contributed by atoms with Gasteiger partial charge in [0.1, 0.15) is 10.5 Å². The molecule has 0 aliphatic carbocycles. The number of aryl methyl sites for hydroxylation is 2. The maximum absolute atomic E-state index is 14.1. The second kappa shape index (κ2) is 6.63. The van der Waals surface area contributed by atoms with Crippen LogP contribution in [0.3, 0.4) is 0 Å². The molecule has 4 aromatic rings. The highest BCUT2D eigenvalue weighted by atomic mass is 32.1. The van der Waals surface area contributed by atoms with E-state index < -0.39 is 17.1 Å². The van der Waals surface area contributed by atoms with Gasteiger partial charge in [-0.3, -0.25) is 9.36 Å². The van der Waals surface area contributed by atoms with Crippen LogP contribution in [0.25, 0.3) is 15.9 Å². The molecule has 0 saturated carbocycles. The van der Waals surface area contributed by atoms with Crippen LogP contribution in [0.5, 0.6) is 0 Å². The molecule has 4 nitrogen and oxygen atoms in total. The first-order valence-corrected chi connectivity index (χ1v) is 9.39. The van der Waals surface area contributed by atoms with Gasteiger partial charge in [-0.15, -0.1) is 11.3 Å². The first-order valence-electron chi connectivity index (χ1n) is 8.51. The van der Waals surface area contributed by atoms with Crippen molar-refractivity contribution in [2.45, 2.75) is 20.4 Å². The fourth-order valence-electron chi connectivity index (χ4n) is 3.15. The van der Waals surface area contributed by atoms with E-state index in [-0.39, 0.29) is 5.69 Å². The predicted molar refractivity (Wildman–Crippen MR) is 107 cm³/mol. The maximum Gasteiger partial charge on any atom is 0.336 e. The highest BCUT2D eigenvalue weighted by molar-refractivity contribution is 7.17. The Labute approximate surface area is 158 Å². The Balaban J connectivity index is 2.01. The molecule has 0 amide bonds. The van der Waals surface area contributed by atoms with Crippen LogP contribution in [-0.2, 0) is 6.54 Å². The normalized spacial score (nSPS) is 11.2. The SMILES string of the molecule is Cc1ccc(-n2c(=O)c3sccc3n(Cc3ccccc3C)c2=O)cc1F. The lowest BCUT2D eigenvalue weighted by Crippen LogP contribution is -2.38. The van der Waals surface area contributed by atoms with Crippen molar-refractivity contribution >= 4 is 21.6 Å². The first-order chi connectivity index (χ1) is 13.0. The number of fused-ring (bicyclic) bond motifs is 1. The number of aromatic nitrogens is 2. The van der Waals surface area contributed by atoms with Gasteiger partial charge >= 0.3 is 5.69 Å². The summed E-state index contributed by atoms with van der Waals surface area (Å²) in [5.41, 5.74) is 2.46. The van der Waals surface area contributed by atoms with E-state index in [1.807, 2.05) is 31.2 Å². The quantitative estimate of drug-likeness (QED) is 0.539. The van der Waals surface area contributed by atoms with Gasteiger partial charge in [-0.25, -0.2) is 13.8 Å². The van der Waals surface area contributed by atoms with Gasteiger partial charge in [0.05, 0.1) is 17.7 Å². The molecule has 0 atom stereocenters. The van der Waals surface area contributed by atoms with E-state index in [1.165, 1.54) is 17.4 Å². The van der Waals surface area contributed by atoms with Crippen molar-refractivity contribution in [2.75, 3.05) is 0 Å². The van der Waals surface area contributed by atoms with E-state index in [2.05, 4.69) is 0 Å². The molecular formula is C21H17FN2O2S. The van der Waals surface area contributed by atoms with E-state index in [9.17, 15) is 14.0 Å². The molecule has 2 heterocycles. The zero-order valence-corrected chi connectivity index (χ0v) is 15.7. The molecule has 0 radical (unpaired) electrons. The third-order valence-electron chi connectivity index (χ3n) is 4.76. The van der Waals surface area contributed by atoms with Crippen LogP contribution in [0.2, 0.25) is 0 Å². The molecule has 0 fully saturated rings. The van der Waals surface area contributed by atoms with Crippen LogP contribution in [0.4, 0.5) is 4.39 Å². The van der Waals surface area contributed by atoms with Crippen molar-refractivity contribution in [3.63, 3.8) is 0 Å². The van der Waals surface area contributed by atoms with Crippen LogP contribution in [0, 0.1) is 19.7 Å². The molecule has 6 heteroatoms. The van der Waals surface area contributed by atoms with Crippen molar-refractivity contribution in [3.05, 3.63) is 97.3 Å². The van der Waals surface area contributed by atoms with Crippen molar-refractivity contribution < 1.29 is 4.39 Å². The van der Waals surface area contributed by atoms with Gasteiger partial charge in [0.2, 0.25) is 0 Å². The summed E-state index contributed by atoms with van der Waals surface area (Å²) in [5, 5.41) is 1.79. The zero-order valence-electron chi connectivity index (χ0n) is 14.9. The predicted octanol–water partition coefficient (Wildman–Crippen LogP) is 4.02. The minimum atomic E-state index is -0.475. The van der Waals surface area contributed by atoms with Crippen LogP contribution in [0.15, 0.2) is 63.5 Å². The first kappa shape index (κ1) is 17.4. The Kier molecular flexibility index (Phi) is 4.28. The highest BCUT2D eigenvalue weighted by Gasteiger charge is 2.17. The fourth-order valence-corrected chi connectivity index (χ4v) is 3.97. The zero-order chi connectivity index (χ0) is 19.1. The number of hydrogen-bond donors (Lipinski definition) is 0. The second-order valence-corrected chi connectivity index (χ2v) is 7.42. The van der Waals surface area contributed by atoms with E-state index in [4.69, 9.17) is 0 Å². The standard InChI is InChI=1S/C21H17FN2O2S/c1-13-5-3-4-6-15(13)12-23-18-9-10-27-19(18)20(25)24(21(23)26)16-8-7-14(2)17(22)11-16/h3-11H,12H2,1-2H3. The Morgan fingerprint density at radius 1 is 1.00 bits per heavy atom. The van der Waals surface area contributed by atoms with Crippen molar-refractivity contribution in [1.82, 2.24) is 9.13 Å². The molecule has 0 saturated heterocycles. The Bertz CT molecular complexity index is 1280. The minimum Gasteiger partial charge on any atom is -0.288 e. The van der Waals surface area contributed by atoms with Crippen molar-refractivity contribution in [1.29, 1.82) is 0 Å². The third kappa shape index (κ3) is 2.92. The fraction of sp³-hybridized carbons (Fsp3) is 0.143. The van der Waals surface area contributed by atoms with Crippen LogP contribution >= 0.6 is 11.3 Å². The van der Waals surface area contributed by atoms with Gasteiger partial charge < -0.3 is 0 Å². The Morgan fingerprint density at radius 3 is 2.52 bits per heavy atom. The molecule has 0 aliphatic rings. The lowest BCUT2D eigenvalue weighted by molar-refractivity contribution is 0.615. The van der Waals surface area contributed by atoms with Crippen LogP contribution < -0.4 is 11.2 Å². The molecule has 0 aliphatic heterocycles. The summed E-state index contributed by atoms with van der Waals surface area (Å²) in [7, 11) is 0. The summed E-state index contributed by atoms with van der Waals surface area (Å²) in [6.45, 7) is 3.96. The summed E-state index contributed by atoms with van der Waals surface area (Å²) in [4.78, 5) is 26.1. The monoisotopic (exact) mass is 380 g/mol. The number of rotatable bonds is 3. The van der Waals surface area contributed by atoms with Gasteiger partial charge in [-0.05, 0) is 54.1 Å². The van der Waals surface area contributed by atoms with Gasteiger partial charge in [-0.2, -0.15) is 0 Å². The number of hydrogen-bond acceptors (Lipinski definition) is 3. The summed E-state index contributed by atoms with van der Waals surface area (Å²) in [5.74, 6) is -0.449. The lowest BCUT2D eigenvalue weighted by atomic mass is 10.1. The smallest absolute Gasteiger partial charge is 0.288 e. The molecule has 2 aromatic heterocycles. The second-order valence-electron chi connectivity index (χ2n) is 6.50. The number of nitrogens with zero attached hydrogens (tertiary/aromatic N) is 2. The maximum atomic E-state index is 14.1. The Hall–Kier alpha value is -2.99. The average Bonchev–Trinajstić information content (AvgIpc) is 3.13. The molecule has 27 heavy (non-hydrogen) atoms. The molecular weight excluding hydrogens is 363 g/mol. The Morgan fingerprint density at radius 2 is 1.78 bits per heavy atom. The summed E-state index contributed by atoms with van der Waals surface area (Å²) in [6.07, 6.45) is 0. The van der Waals surface area contributed by atoms with Crippen LogP contribution in [0.1, 0.15) is 16.7 Å². The third-order valence-corrected chi connectivity index (χ3v) is 5.65. The lowest BCUT2D eigenvalue weighted by Gasteiger charge is -2.14. The number of benzene rings is 2. The van der Waals surface area contributed by atoms with Gasteiger partial charge in [0.15, 0.2) is 0 Å². The number of halogens is 1. The molecule has 136 valence electrons. The largest absolute Gasteiger partial charge is 0.336 e. The molecule has 0 bridgehead atoms. The topological polar surface area (TPSA) is 44.0 Å². The van der Waals surface area contributed by atoms with Crippen LogP contribution in [-0.4, -0.2) is 9.13 Å². The van der Waals surface area contributed by atoms with Crippen molar-refractivity contribution in [2.24, 2.45) is 0 Å². The minimum absolute atomic E-state index is 0.238. The average molecular weight is 380 g/mol. The summed E-state index contributed by atoms with van der Waals surface area (Å²) in [6, 6.07) is 14.0. The molecule has 0 unspecified atom stereocenters. The highest BCUT2D eigenvalue weighted by Crippen LogP contribution is 2.19. The van der Waals surface area contributed by atoms with Gasteiger partial charge in [0, 0.05) is 0 Å². The van der Waals surface area contributed by atoms with Crippen molar-refractivity contribution in [3.8, 4) is 5.69 Å². The van der Waals surface area contributed by atoms with Gasteiger partial charge in [-0.1, -0.05) is 30.3 Å². The number of thiophene rings is 1.